The predicted molar refractivity (Wildman–Crippen MR) is 44.6 cm³/mol. The van der Waals surface area contributed by atoms with E-state index in [1.807, 2.05) is 0 Å². The number of aromatic hydroxyl groups is 1. The molecule has 0 aliphatic heterocycles. The molecule has 0 unspecified atom stereocenters. The maximum absolute atomic E-state index is 13.0. The maximum atomic E-state index is 13.0. The number of aliphatic imine (C=N–C) groups is 1. The van der Waals surface area contributed by atoms with E-state index >= 15 is 0 Å². The number of nitrogens with zero attached hydrogens (tertiary/aromatic N) is 1. The maximum Gasteiger partial charge on any atom is 0.235 e. The third-order valence-corrected chi connectivity index (χ3v) is 1.68. The lowest BCUT2D eigenvalue weighted by Crippen LogP contribution is -1.90. The molecule has 3 nitrogen and oxygen atoms in total. The van der Waals surface area contributed by atoms with Crippen LogP contribution >= 0.6 is 0 Å². The van der Waals surface area contributed by atoms with Crippen LogP contribution in [0, 0.1) is 12.7 Å². The first kappa shape index (κ1) is 9.42. The minimum absolute atomic E-state index is 0.0452. The quantitative estimate of drug-likeness (QED) is 0.557. The number of benzene rings is 1. The van der Waals surface area contributed by atoms with Crippen molar-refractivity contribution in [1.82, 2.24) is 0 Å². The highest BCUT2D eigenvalue weighted by Crippen LogP contribution is 2.20. The highest BCUT2D eigenvalue weighted by Gasteiger charge is 2.05. The van der Waals surface area contributed by atoms with Crippen LogP contribution in [0.25, 0.3) is 0 Å². The lowest BCUT2D eigenvalue weighted by Gasteiger charge is -2.02. The molecule has 13 heavy (non-hydrogen) atoms. The van der Waals surface area contributed by atoms with E-state index in [0.29, 0.717) is 5.56 Å². The monoisotopic (exact) mass is 181 g/mol. The second kappa shape index (κ2) is 3.83. The van der Waals surface area contributed by atoms with Gasteiger partial charge in [0, 0.05) is 11.6 Å². The number of rotatable bonds is 2. The smallest absolute Gasteiger partial charge is 0.235 e. The van der Waals surface area contributed by atoms with Gasteiger partial charge >= 0.3 is 0 Å². The summed E-state index contributed by atoms with van der Waals surface area (Å²) in [5.74, 6) is -0.668. The summed E-state index contributed by atoms with van der Waals surface area (Å²) in [6.07, 6.45) is 1.32. The molecule has 0 saturated heterocycles. The molecule has 1 rings (SSSR count). The zero-order valence-corrected chi connectivity index (χ0v) is 7.04. The van der Waals surface area contributed by atoms with Gasteiger partial charge in [0.15, 0.2) is 0 Å². The van der Waals surface area contributed by atoms with E-state index in [2.05, 4.69) is 4.99 Å². The minimum Gasteiger partial charge on any atom is -0.508 e. The number of hydrogen-bond donors (Lipinski definition) is 1. The van der Waals surface area contributed by atoms with Crippen molar-refractivity contribution in [1.29, 1.82) is 0 Å². The summed E-state index contributed by atoms with van der Waals surface area (Å²) in [6, 6.07) is 2.45. The Morgan fingerprint density at radius 3 is 2.92 bits per heavy atom. The zero-order valence-electron chi connectivity index (χ0n) is 7.04. The average Bonchev–Trinajstić information content (AvgIpc) is 2.09. The number of halogens is 1. The van der Waals surface area contributed by atoms with Crippen molar-refractivity contribution < 1.29 is 14.3 Å². The average molecular weight is 181 g/mol. The Labute approximate surface area is 74.5 Å². The largest absolute Gasteiger partial charge is 0.508 e. The number of carbonyl (C=O) groups excluding carboxylic acids is 1. The van der Waals surface area contributed by atoms with Gasteiger partial charge in [-0.2, -0.15) is 0 Å². The Hall–Kier alpha value is -1.67. The third kappa shape index (κ3) is 2.13. The van der Waals surface area contributed by atoms with Gasteiger partial charge in [0.2, 0.25) is 6.08 Å². The van der Waals surface area contributed by atoms with Gasteiger partial charge in [0.25, 0.3) is 0 Å². The van der Waals surface area contributed by atoms with Crippen LogP contribution in [0.1, 0.15) is 11.1 Å². The Balaban J connectivity index is 3.07. The highest BCUT2D eigenvalue weighted by molar-refractivity contribution is 5.38. The Morgan fingerprint density at radius 1 is 1.62 bits per heavy atom. The molecule has 0 spiro atoms. The Morgan fingerprint density at radius 2 is 2.31 bits per heavy atom. The van der Waals surface area contributed by atoms with E-state index in [-0.39, 0.29) is 17.9 Å². The SMILES string of the molecule is Cc1cc(CN=C=O)c(F)cc1O. The summed E-state index contributed by atoms with van der Waals surface area (Å²) >= 11 is 0. The number of isocyanates is 1. The van der Waals surface area contributed by atoms with Crippen LogP contribution in [0.3, 0.4) is 0 Å². The van der Waals surface area contributed by atoms with Gasteiger partial charge < -0.3 is 5.11 Å². The molecular formula is C9H8FNO2. The van der Waals surface area contributed by atoms with Gasteiger partial charge in [0.05, 0.1) is 6.54 Å². The van der Waals surface area contributed by atoms with Crippen LogP contribution in [0.2, 0.25) is 0 Å². The first-order valence-electron chi connectivity index (χ1n) is 3.66. The van der Waals surface area contributed by atoms with Crippen LogP contribution in [-0.2, 0) is 11.3 Å². The van der Waals surface area contributed by atoms with Crippen LogP contribution in [0.5, 0.6) is 5.75 Å². The van der Waals surface area contributed by atoms with Crippen LogP contribution in [0.4, 0.5) is 4.39 Å². The minimum atomic E-state index is -0.567. The van der Waals surface area contributed by atoms with Crippen LogP contribution in [0.15, 0.2) is 17.1 Å². The highest BCUT2D eigenvalue weighted by atomic mass is 19.1. The van der Waals surface area contributed by atoms with Crippen molar-refractivity contribution in [2.45, 2.75) is 13.5 Å². The van der Waals surface area contributed by atoms with E-state index in [4.69, 9.17) is 5.11 Å². The Kier molecular flexibility index (Phi) is 2.77. The molecular weight excluding hydrogens is 173 g/mol. The first-order chi connectivity index (χ1) is 6.15. The molecule has 68 valence electrons. The molecule has 0 bridgehead atoms. The fourth-order valence-electron chi connectivity index (χ4n) is 0.969. The molecule has 0 fully saturated rings. The standard InChI is InChI=1S/C9H8FNO2/c1-6-2-7(4-11-5-12)8(10)3-9(6)13/h2-3,13H,4H2,1H3. The van der Waals surface area contributed by atoms with Crippen molar-refractivity contribution in [2.75, 3.05) is 0 Å². The predicted octanol–water partition coefficient (Wildman–Crippen LogP) is 1.68. The summed E-state index contributed by atoms with van der Waals surface area (Å²) in [6.45, 7) is 1.60. The van der Waals surface area contributed by atoms with Gasteiger partial charge in [-0.15, -0.1) is 0 Å². The molecule has 0 heterocycles. The van der Waals surface area contributed by atoms with Crippen LogP contribution in [-0.4, -0.2) is 11.2 Å². The third-order valence-electron chi connectivity index (χ3n) is 1.68. The van der Waals surface area contributed by atoms with Crippen molar-refractivity contribution in [2.24, 2.45) is 4.99 Å². The molecule has 0 aromatic heterocycles. The van der Waals surface area contributed by atoms with Crippen molar-refractivity contribution in [3.63, 3.8) is 0 Å². The lowest BCUT2D eigenvalue weighted by atomic mass is 10.1. The van der Waals surface area contributed by atoms with E-state index in [1.54, 1.807) is 6.92 Å². The van der Waals surface area contributed by atoms with E-state index < -0.39 is 5.82 Å². The molecule has 0 amide bonds. The fourth-order valence-corrected chi connectivity index (χ4v) is 0.969. The molecule has 0 atom stereocenters. The first-order valence-corrected chi connectivity index (χ1v) is 3.66. The van der Waals surface area contributed by atoms with Gasteiger partial charge in [-0.3, -0.25) is 0 Å². The molecule has 0 saturated carbocycles. The fraction of sp³-hybridized carbons (Fsp3) is 0.222. The van der Waals surface area contributed by atoms with Gasteiger partial charge in [-0.25, -0.2) is 14.2 Å². The van der Waals surface area contributed by atoms with Crippen molar-refractivity contribution >= 4 is 6.08 Å². The van der Waals surface area contributed by atoms with Crippen molar-refractivity contribution in [3.8, 4) is 5.75 Å². The summed E-state index contributed by atoms with van der Waals surface area (Å²) < 4.78 is 13.0. The van der Waals surface area contributed by atoms with E-state index in [9.17, 15) is 9.18 Å². The Bertz CT molecular complexity index is 370. The topological polar surface area (TPSA) is 49.7 Å². The van der Waals surface area contributed by atoms with Crippen LogP contribution < -0.4 is 0 Å². The molecule has 0 radical (unpaired) electrons. The zero-order chi connectivity index (χ0) is 9.84. The summed E-state index contributed by atoms with van der Waals surface area (Å²) in [7, 11) is 0. The van der Waals surface area contributed by atoms with E-state index in [1.165, 1.54) is 12.1 Å². The normalized spacial score (nSPS) is 9.38. The summed E-state index contributed by atoms with van der Waals surface area (Å²) in [5.41, 5.74) is 0.830. The number of hydrogen-bond acceptors (Lipinski definition) is 3. The lowest BCUT2D eigenvalue weighted by molar-refractivity contribution is 0.463. The number of phenolic OH excluding ortho intramolecular Hbond substituents is 1. The summed E-state index contributed by atoms with van der Waals surface area (Å²) in [4.78, 5) is 13.0. The molecule has 4 heteroatoms. The van der Waals surface area contributed by atoms with E-state index in [0.717, 1.165) is 6.07 Å². The second-order valence-corrected chi connectivity index (χ2v) is 2.64. The number of aryl methyl sites for hydroxylation is 1. The molecule has 1 N–H and O–H groups in total. The van der Waals surface area contributed by atoms with Gasteiger partial charge in [0.1, 0.15) is 11.6 Å². The molecule has 0 aliphatic carbocycles. The van der Waals surface area contributed by atoms with Crippen molar-refractivity contribution in [3.05, 3.63) is 29.1 Å². The molecule has 1 aromatic rings. The molecule has 1 aromatic carbocycles. The summed E-state index contributed by atoms with van der Waals surface area (Å²) in [5, 5.41) is 9.10. The van der Waals surface area contributed by atoms with Gasteiger partial charge in [-0.1, -0.05) is 0 Å². The molecule has 0 aliphatic rings. The number of phenols is 1. The van der Waals surface area contributed by atoms with Gasteiger partial charge in [-0.05, 0) is 18.6 Å². The second-order valence-electron chi connectivity index (χ2n) is 2.64.